The molecule has 3 rings (SSSR count). The van der Waals surface area contributed by atoms with E-state index >= 15 is 0 Å². The minimum absolute atomic E-state index is 0.442. The van der Waals surface area contributed by atoms with Crippen LogP contribution >= 0.6 is 55.1 Å². The fourth-order valence-electron chi connectivity index (χ4n) is 2.62. The number of rotatable bonds is 6. The van der Waals surface area contributed by atoms with E-state index < -0.39 is 0 Å². The van der Waals surface area contributed by atoms with Gasteiger partial charge in [-0.3, -0.25) is 0 Å². The summed E-state index contributed by atoms with van der Waals surface area (Å²) in [5, 5.41) is 4.85. The molecule has 0 amide bonds. The maximum absolute atomic E-state index is 6.09. The molecule has 0 aliphatic carbocycles. The lowest BCUT2D eigenvalue weighted by atomic mass is 10.1. The summed E-state index contributed by atoms with van der Waals surface area (Å²) in [5.74, 6) is 0.762. The zero-order chi connectivity index (χ0) is 19.4. The van der Waals surface area contributed by atoms with Crippen molar-refractivity contribution in [3.63, 3.8) is 0 Å². The van der Waals surface area contributed by atoms with E-state index in [1.165, 1.54) is 0 Å². The van der Waals surface area contributed by atoms with Crippen LogP contribution in [0.5, 0.6) is 5.75 Å². The fourth-order valence-corrected chi connectivity index (χ4v) is 4.51. The van der Waals surface area contributed by atoms with Gasteiger partial charge in [0, 0.05) is 22.3 Å². The first-order chi connectivity index (χ1) is 12.9. The maximum atomic E-state index is 6.09. The summed E-state index contributed by atoms with van der Waals surface area (Å²) in [5.41, 5.74) is 4.31. The molecule has 2 nitrogen and oxygen atoms in total. The minimum atomic E-state index is 0.442. The molecule has 0 atom stereocenters. The van der Waals surface area contributed by atoms with Gasteiger partial charge in [0.25, 0.3) is 0 Å². The molecule has 0 aromatic heterocycles. The van der Waals surface area contributed by atoms with Crippen LogP contribution in [-0.4, -0.2) is 0 Å². The van der Waals surface area contributed by atoms with Crippen molar-refractivity contribution in [2.75, 3.05) is 5.32 Å². The van der Waals surface area contributed by atoms with E-state index in [1.54, 1.807) is 0 Å². The smallest absolute Gasteiger partial charge is 0.148 e. The van der Waals surface area contributed by atoms with Gasteiger partial charge in [-0.15, -0.1) is 0 Å². The average molecular weight is 530 g/mol. The van der Waals surface area contributed by atoms with Gasteiger partial charge in [-0.2, -0.15) is 0 Å². The Hall–Kier alpha value is -1.20. The van der Waals surface area contributed by atoms with Gasteiger partial charge in [0.1, 0.15) is 12.4 Å². The van der Waals surface area contributed by atoms with Gasteiger partial charge in [-0.05, 0) is 91.9 Å². The standard InChI is InChI=1S/C21H17Br2Cl2NO/c1-13-5-6-17(25)10-20(13)26-11-15-8-18(22)21(19(23)9-15)27-12-14-3-2-4-16(24)7-14/h2-10,26H,11-12H2,1H3. The number of benzene rings is 3. The number of hydrogen-bond donors (Lipinski definition) is 1. The molecule has 140 valence electrons. The highest BCUT2D eigenvalue weighted by Crippen LogP contribution is 2.36. The third kappa shape index (κ3) is 5.64. The predicted octanol–water partition coefficient (Wildman–Crippen LogP) is 8.02. The van der Waals surface area contributed by atoms with E-state index in [4.69, 9.17) is 27.9 Å². The molecule has 0 spiro atoms. The molecule has 0 saturated carbocycles. The predicted molar refractivity (Wildman–Crippen MR) is 121 cm³/mol. The molecule has 0 unspecified atom stereocenters. The Morgan fingerprint density at radius 1 is 0.889 bits per heavy atom. The molecule has 0 saturated heterocycles. The summed E-state index contributed by atoms with van der Waals surface area (Å²) in [6.07, 6.45) is 0. The van der Waals surface area contributed by atoms with E-state index in [-0.39, 0.29) is 0 Å². The van der Waals surface area contributed by atoms with Crippen LogP contribution in [0.4, 0.5) is 5.69 Å². The highest BCUT2D eigenvalue weighted by molar-refractivity contribution is 9.11. The summed E-state index contributed by atoms with van der Waals surface area (Å²) in [6, 6.07) is 17.6. The van der Waals surface area contributed by atoms with Gasteiger partial charge in [-0.1, -0.05) is 41.4 Å². The van der Waals surface area contributed by atoms with Crippen LogP contribution in [0.2, 0.25) is 10.0 Å². The van der Waals surface area contributed by atoms with Gasteiger partial charge in [-0.25, -0.2) is 0 Å². The second kappa shape index (κ2) is 9.33. The number of aryl methyl sites for hydroxylation is 1. The summed E-state index contributed by atoms with van der Waals surface area (Å²) in [4.78, 5) is 0. The Bertz CT molecular complexity index is 940. The number of nitrogens with one attached hydrogen (secondary N) is 1. The van der Waals surface area contributed by atoms with Gasteiger partial charge >= 0.3 is 0 Å². The second-order valence-electron chi connectivity index (χ2n) is 6.12. The minimum Gasteiger partial charge on any atom is -0.487 e. The van der Waals surface area contributed by atoms with Gasteiger partial charge in [0.05, 0.1) is 8.95 Å². The normalized spacial score (nSPS) is 10.7. The van der Waals surface area contributed by atoms with Crippen LogP contribution < -0.4 is 10.1 Å². The molecule has 3 aromatic carbocycles. The molecule has 0 aliphatic heterocycles. The molecule has 0 radical (unpaired) electrons. The number of ether oxygens (including phenoxy) is 1. The van der Waals surface area contributed by atoms with Crippen LogP contribution in [0.1, 0.15) is 16.7 Å². The van der Waals surface area contributed by atoms with Crippen molar-refractivity contribution in [3.05, 3.63) is 90.3 Å². The van der Waals surface area contributed by atoms with Crippen molar-refractivity contribution in [2.24, 2.45) is 0 Å². The molecule has 27 heavy (non-hydrogen) atoms. The first kappa shape index (κ1) is 20.5. The van der Waals surface area contributed by atoms with Gasteiger partial charge in [0.15, 0.2) is 0 Å². The third-order valence-corrected chi connectivity index (χ3v) is 5.66. The molecule has 0 fully saturated rings. The van der Waals surface area contributed by atoms with E-state index in [1.807, 2.05) is 54.6 Å². The van der Waals surface area contributed by atoms with Crippen LogP contribution in [0.25, 0.3) is 0 Å². The van der Waals surface area contributed by atoms with Gasteiger partial charge < -0.3 is 10.1 Å². The van der Waals surface area contributed by atoms with Crippen molar-refractivity contribution >= 4 is 60.7 Å². The van der Waals surface area contributed by atoms with E-state index in [0.717, 1.165) is 42.1 Å². The topological polar surface area (TPSA) is 21.3 Å². The van der Waals surface area contributed by atoms with Crippen molar-refractivity contribution in [1.82, 2.24) is 0 Å². The largest absolute Gasteiger partial charge is 0.487 e. The summed E-state index contributed by atoms with van der Waals surface area (Å²) >= 11 is 19.3. The quantitative estimate of drug-likeness (QED) is 0.349. The molecule has 3 aromatic rings. The summed E-state index contributed by atoms with van der Waals surface area (Å²) in [6.45, 7) is 3.17. The molecule has 0 aliphatic rings. The summed E-state index contributed by atoms with van der Waals surface area (Å²) < 4.78 is 7.75. The molecule has 0 heterocycles. The lowest BCUT2D eigenvalue weighted by molar-refractivity contribution is 0.302. The highest BCUT2D eigenvalue weighted by Gasteiger charge is 2.10. The van der Waals surface area contributed by atoms with Crippen molar-refractivity contribution in [1.29, 1.82) is 0 Å². The monoisotopic (exact) mass is 527 g/mol. The Balaban J connectivity index is 1.69. The molecule has 0 bridgehead atoms. The van der Waals surface area contributed by atoms with Crippen molar-refractivity contribution in [2.45, 2.75) is 20.1 Å². The molecular weight excluding hydrogens is 513 g/mol. The number of halogens is 4. The SMILES string of the molecule is Cc1ccc(Cl)cc1NCc1cc(Br)c(OCc2cccc(Cl)c2)c(Br)c1. The van der Waals surface area contributed by atoms with Gasteiger partial charge in [0.2, 0.25) is 0 Å². The lowest BCUT2D eigenvalue weighted by Crippen LogP contribution is -2.02. The Labute approximate surface area is 186 Å². The van der Waals surface area contributed by atoms with E-state index in [0.29, 0.717) is 18.2 Å². The average Bonchev–Trinajstić information content (AvgIpc) is 2.62. The Kier molecular flexibility index (Phi) is 7.10. The van der Waals surface area contributed by atoms with E-state index in [9.17, 15) is 0 Å². The summed E-state index contributed by atoms with van der Waals surface area (Å²) in [7, 11) is 0. The fraction of sp³-hybridized carbons (Fsp3) is 0.143. The van der Waals surface area contributed by atoms with Crippen LogP contribution in [0, 0.1) is 6.92 Å². The Morgan fingerprint density at radius 3 is 2.30 bits per heavy atom. The molecular formula is C21H17Br2Cl2NO. The second-order valence-corrected chi connectivity index (χ2v) is 8.70. The molecule has 6 heteroatoms. The number of hydrogen-bond acceptors (Lipinski definition) is 2. The Morgan fingerprint density at radius 2 is 1.59 bits per heavy atom. The first-order valence-electron chi connectivity index (χ1n) is 8.27. The van der Waals surface area contributed by atoms with Crippen LogP contribution in [0.3, 0.4) is 0 Å². The van der Waals surface area contributed by atoms with E-state index in [2.05, 4.69) is 44.1 Å². The third-order valence-electron chi connectivity index (χ3n) is 4.01. The number of anilines is 1. The van der Waals surface area contributed by atoms with Crippen molar-refractivity contribution in [3.8, 4) is 5.75 Å². The van der Waals surface area contributed by atoms with Crippen LogP contribution in [0.15, 0.2) is 63.5 Å². The first-order valence-corrected chi connectivity index (χ1v) is 10.6. The van der Waals surface area contributed by atoms with Crippen LogP contribution in [-0.2, 0) is 13.2 Å². The zero-order valence-corrected chi connectivity index (χ0v) is 19.2. The lowest BCUT2D eigenvalue weighted by Gasteiger charge is -2.14. The van der Waals surface area contributed by atoms with Crippen molar-refractivity contribution < 1.29 is 4.74 Å². The zero-order valence-electron chi connectivity index (χ0n) is 14.5. The highest BCUT2D eigenvalue weighted by atomic mass is 79.9. The maximum Gasteiger partial charge on any atom is 0.148 e. The molecule has 1 N–H and O–H groups in total.